The van der Waals surface area contributed by atoms with Crippen molar-refractivity contribution in [2.45, 2.75) is 24.6 Å². The van der Waals surface area contributed by atoms with Gasteiger partial charge in [0, 0.05) is 19.0 Å². The highest BCUT2D eigenvalue weighted by Gasteiger charge is 2.22. The number of aryl methyl sites for hydroxylation is 1. The van der Waals surface area contributed by atoms with E-state index in [1.54, 1.807) is 17.2 Å². The van der Waals surface area contributed by atoms with Gasteiger partial charge in [0.1, 0.15) is 12.1 Å². The van der Waals surface area contributed by atoms with Gasteiger partial charge in [-0.15, -0.1) is 11.6 Å². The summed E-state index contributed by atoms with van der Waals surface area (Å²) in [5, 5.41) is 8.92. The first-order chi connectivity index (χ1) is 8.74. The van der Waals surface area contributed by atoms with E-state index in [1.165, 1.54) is 6.42 Å². The predicted octanol–water partition coefficient (Wildman–Crippen LogP) is 2.18. The minimum absolute atomic E-state index is 0.348. The molecule has 0 bridgehead atoms. The van der Waals surface area contributed by atoms with Gasteiger partial charge in [0.2, 0.25) is 0 Å². The van der Waals surface area contributed by atoms with Crippen LogP contribution in [0.5, 0.6) is 0 Å². The van der Waals surface area contributed by atoms with E-state index in [2.05, 4.69) is 20.4 Å². The molecule has 0 amide bonds. The number of nitrogens with zero attached hydrogens (tertiary/aromatic N) is 4. The molecule has 6 heteroatoms. The second-order valence-electron chi connectivity index (χ2n) is 4.88. The SMILES string of the molecule is Cn1ncc2c(NCC3CCC(Cl)C3)ncnc21. The van der Waals surface area contributed by atoms with E-state index in [4.69, 9.17) is 11.6 Å². The molecule has 0 saturated heterocycles. The predicted molar refractivity (Wildman–Crippen MR) is 71.8 cm³/mol. The third-order valence-electron chi connectivity index (χ3n) is 3.56. The van der Waals surface area contributed by atoms with Gasteiger partial charge in [-0.2, -0.15) is 5.10 Å². The Kier molecular flexibility index (Phi) is 3.07. The lowest BCUT2D eigenvalue weighted by Gasteiger charge is -2.11. The van der Waals surface area contributed by atoms with Gasteiger partial charge in [-0.3, -0.25) is 4.68 Å². The third-order valence-corrected chi connectivity index (χ3v) is 3.96. The minimum Gasteiger partial charge on any atom is -0.369 e. The summed E-state index contributed by atoms with van der Waals surface area (Å²) in [6.45, 7) is 0.921. The Labute approximate surface area is 111 Å². The Morgan fingerprint density at radius 2 is 2.33 bits per heavy atom. The Morgan fingerprint density at radius 3 is 3.11 bits per heavy atom. The molecule has 0 radical (unpaired) electrons. The van der Waals surface area contributed by atoms with Crippen molar-refractivity contribution in [3.8, 4) is 0 Å². The molecule has 96 valence electrons. The number of anilines is 1. The van der Waals surface area contributed by atoms with Crippen LogP contribution in [0, 0.1) is 5.92 Å². The van der Waals surface area contributed by atoms with Crippen LogP contribution in [0.4, 0.5) is 5.82 Å². The molecule has 1 fully saturated rings. The molecular weight excluding hydrogens is 250 g/mol. The van der Waals surface area contributed by atoms with Crippen LogP contribution in [0.15, 0.2) is 12.5 Å². The molecule has 1 N–H and O–H groups in total. The maximum Gasteiger partial charge on any atom is 0.163 e. The summed E-state index contributed by atoms with van der Waals surface area (Å²) < 4.78 is 1.76. The van der Waals surface area contributed by atoms with Crippen molar-refractivity contribution in [1.29, 1.82) is 0 Å². The molecule has 2 aromatic heterocycles. The van der Waals surface area contributed by atoms with Crippen LogP contribution in [-0.4, -0.2) is 31.7 Å². The van der Waals surface area contributed by atoms with Gasteiger partial charge in [0.15, 0.2) is 5.65 Å². The first-order valence-corrected chi connectivity index (χ1v) is 6.68. The molecule has 0 aliphatic heterocycles. The molecule has 2 aromatic rings. The third kappa shape index (κ3) is 2.14. The molecular formula is C12H16ClN5. The lowest BCUT2D eigenvalue weighted by molar-refractivity contribution is 0.580. The fourth-order valence-corrected chi connectivity index (χ4v) is 2.92. The number of hydrogen-bond acceptors (Lipinski definition) is 4. The van der Waals surface area contributed by atoms with E-state index in [1.807, 2.05) is 7.05 Å². The van der Waals surface area contributed by atoms with Crippen LogP contribution in [0.2, 0.25) is 0 Å². The number of nitrogens with one attached hydrogen (secondary N) is 1. The summed E-state index contributed by atoms with van der Waals surface area (Å²) in [4.78, 5) is 8.51. The summed E-state index contributed by atoms with van der Waals surface area (Å²) >= 11 is 6.12. The standard InChI is InChI=1S/C12H16ClN5/c1-18-12-10(6-17-18)11(15-7-16-12)14-5-8-2-3-9(13)4-8/h6-9H,2-5H2,1H3,(H,14,15,16). The largest absolute Gasteiger partial charge is 0.369 e. The van der Waals surface area contributed by atoms with Crippen molar-refractivity contribution < 1.29 is 0 Å². The summed E-state index contributed by atoms with van der Waals surface area (Å²) in [5.74, 6) is 1.51. The van der Waals surface area contributed by atoms with Gasteiger partial charge in [-0.25, -0.2) is 9.97 Å². The van der Waals surface area contributed by atoms with Crippen molar-refractivity contribution in [1.82, 2.24) is 19.7 Å². The quantitative estimate of drug-likeness (QED) is 0.865. The number of aromatic nitrogens is 4. The van der Waals surface area contributed by atoms with Gasteiger partial charge in [-0.05, 0) is 25.2 Å². The molecule has 1 aliphatic rings. The zero-order valence-electron chi connectivity index (χ0n) is 10.3. The first kappa shape index (κ1) is 11.7. The van der Waals surface area contributed by atoms with Gasteiger partial charge in [0.25, 0.3) is 0 Å². The Morgan fingerprint density at radius 1 is 1.44 bits per heavy atom. The van der Waals surface area contributed by atoms with Gasteiger partial charge in [0.05, 0.1) is 11.6 Å². The van der Waals surface area contributed by atoms with E-state index in [-0.39, 0.29) is 0 Å². The van der Waals surface area contributed by atoms with Crippen LogP contribution in [0.3, 0.4) is 0 Å². The summed E-state index contributed by atoms with van der Waals surface area (Å²) in [6.07, 6.45) is 6.79. The fraction of sp³-hybridized carbons (Fsp3) is 0.583. The fourth-order valence-electron chi connectivity index (χ4n) is 2.54. The van der Waals surface area contributed by atoms with Crippen molar-refractivity contribution in [2.75, 3.05) is 11.9 Å². The second-order valence-corrected chi connectivity index (χ2v) is 5.50. The van der Waals surface area contributed by atoms with Crippen molar-refractivity contribution >= 4 is 28.5 Å². The number of hydrogen-bond donors (Lipinski definition) is 1. The van der Waals surface area contributed by atoms with Crippen molar-refractivity contribution in [3.63, 3.8) is 0 Å². The molecule has 1 saturated carbocycles. The smallest absolute Gasteiger partial charge is 0.163 e. The minimum atomic E-state index is 0.348. The second kappa shape index (κ2) is 4.72. The number of rotatable bonds is 3. The summed E-state index contributed by atoms with van der Waals surface area (Å²) in [7, 11) is 1.88. The maximum absolute atomic E-state index is 6.12. The molecule has 18 heavy (non-hydrogen) atoms. The Balaban J connectivity index is 1.74. The highest BCUT2D eigenvalue weighted by molar-refractivity contribution is 6.20. The highest BCUT2D eigenvalue weighted by Crippen LogP contribution is 2.29. The highest BCUT2D eigenvalue weighted by atomic mass is 35.5. The monoisotopic (exact) mass is 265 g/mol. The van der Waals surface area contributed by atoms with E-state index in [0.717, 1.165) is 36.2 Å². The molecule has 3 rings (SSSR count). The van der Waals surface area contributed by atoms with Crippen LogP contribution in [-0.2, 0) is 7.05 Å². The van der Waals surface area contributed by atoms with E-state index in [0.29, 0.717) is 11.3 Å². The van der Waals surface area contributed by atoms with E-state index < -0.39 is 0 Å². The normalized spacial score (nSPS) is 23.7. The van der Waals surface area contributed by atoms with Crippen molar-refractivity contribution in [2.24, 2.45) is 13.0 Å². The van der Waals surface area contributed by atoms with Gasteiger partial charge < -0.3 is 5.32 Å². The molecule has 0 spiro atoms. The molecule has 5 nitrogen and oxygen atoms in total. The first-order valence-electron chi connectivity index (χ1n) is 6.24. The van der Waals surface area contributed by atoms with Crippen LogP contribution in [0.25, 0.3) is 11.0 Å². The zero-order chi connectivity index (χ0) is 12.5. The lowest BCUT2D eigenvalue weighted by Crippen LogP contribution is -2.13. The van der Waals surface area contributed by atoms with Crippen molar-refractivity contribution in [3.05, 3.63) is 12.5 Å². The molecule has 2 heterocycles. The molecule has 2 atom stereocenters. The molecule has 2 unspecified atom stereocenters. The lowest BCUT2D eigenvalue weighted by atomic mass is 10.1. The van der Waals surface area contributed by atoms with E-state index >= 15 is 0 Å². The van der Waals surface area contributed by atoms with Gasteiger partial charge >= 0.3 is 0 Å². The summed E-state index contributed by atoms with van der Waals surface area (Å²) in [6, 6.07) is 0. The van der Waals surface area contributed by atoms with Crippen LogP contribution >= 0.6 is 11.6 Å². The van der Waals surface area contributed by atoms with E-state index in [9.17, 15) is 0 Å². The average Bonchev–Trinajstić information content (AvgIpc) is 2.94. The van der Waals surface area contributed by atoms with Gasteiger partial charge in [-0.1, -0.05) is 0 Å². The zero-order valence-corrected chi connectivity index (χ0v) is 11.1. The maximum atomic E-state index is 6.12. The Bertz CT molecular complexity index is 552. The summed E-state index contributed by atoms with van der Waals surface area (Å²) in [5.41, 5.74) is 0.856. The number of alkyl halides is 1. The molecule has 1 aliphatic carbocycles. The number of halogens is 1. The number of fused-ring (bicyclic) bond motifs is 1. The average molecular weight is 266 g/mol. The topological polar surface area (TPSA) is 55.6 Å². The molecule has 0 aromatic carbocycles. The Hall–Kier alpha value is -1.36. The van der Waals surface area contributed by atoms with Crippen LogP contribution in [0.1, 0.15) is 19.3 Å². The van der Waals surface area contributed by atoms with Crippen LogP contribution < -0.4 is 5.32 Å².